The number of allylic oxidation sites excluding steroid dienone is 2. The zero-order valence-electron chi connectivity index (χ0n) is 21.7. The van der Waals surface area contributed by atoms with Gasteiger partial charge in [0.1, 0.15) is 23.2 Å². The van der Waals surface area contributed by atoms with Crippen molar-refractivity contribution in [3.8, 4) is 0 Å². The molecule has 0 aliphatic heterocycles. The summed E-state index contributed by atoms with van der Waals surface area (Å²) >= 11 is 3.52. The molecule has 3 heteroatoms. The minimum atomic E-state index is -1.73. The van der Waals surface area contributed by atoms with E-state index in [4.69, 9.17) is 0 Å². The van der Waals surface area contributed by atoms with Crippen molar-refractivity contribution in [3.05, 3.63) is 103 Å². The summed E-state index contributed by atoms with van der Waals surface area (Å²) in [5.41, 5.74) is 0. The third-order valence-electron chi connectivity index (χ3n) is 6.89. The fraction of sp³-hybridized carbons (Fsp3) is 0.394. The second-order valence-electron chi connectivity index (χ2n) is 9.48. The Hall–Kier alpha value is -1.21. The Kier molecular flexibility index (Phi) is 16.3. The Morgan fingerprint density at radius 2 is 0.833 bits per heavy atom. The summed E-state index contributed by atoms with van der Waals surface area (Å²) in [4.78, 5) is 0. The van der Waals surface area contributed by atoms with Crippen LogP contribution in [-0.2, 0) is 0 Å². The van der Waals surface area contributed by atoms with E-state index in [0.29, 0.717) is 0 Å². The molecule has 3 aromatic carbocycles. The van der Waals surface area contributed by atoms with Gasteiger partial charge < -0.3 is 17.0 Å². The molecule has 0 heterocycles. The average Bonchev–Trinajstić information content (AvgIpc) is 2.93. The number of alkyl halides is 1. The first-order valence-corrected chi connectivity index (χ1v) is 16.7. The fourth-order valence-corrected chi connectivity index (χ4v) is 9.36. The first kappa shape index (κ1) is 31.0. The quantitative estimate of drug-likeness (QED) is 0.0719. The molecule has 0 fully saturated rings. The average molecular weight is 630 g/mol. The van der Waals surface area contributed by atoms with Crippen LogP contribution in [0.1, 0.15) is 70.6 Å². The number of halogens is 2. The van der Waals surface area contributed by atoms with Crippen molar-refractivity contribution in [2.75, 3.05) is 11.5 Å². The fourth-order valence-electron chi connectivity index (χ4n) is 4.93. The van der Waals surface area contributed by atoms with Gasteiger partial charge in [-0.3, -0.25) is 0 Å². The lowest BCUT2D eigenvalue weighted by Gasteiger charge is -2.26. The van der Waals surface area contributed by atoms with Crippen molar-refractivity contribution < 1.29 is 17.0 Å². The van der Waals surface area contributed by atoms with E-state index in [-0.39, 0.29) is 17.0 Å². The van der Waals surface area contributed by atoms with Crippen LogP contribution in [0.3, 0.4) is 0 Å². The van der Waals surface area contributed by atoms with Crippen molar-refractivity contribution in [2.24, 2.45) is 0 Å². The number of rotatable bonds is 17. The van der Waals surface area contributed by atoms with Gasteiger partial charge in [-0.25, -0.2) is 0 Å². The first-order valence-electron chi connectivity index (χ1n) is 13.6. The molecule has 3 aromatic rings. The van der Waals surface area contributed by atoms with Gasteiger partial charge in [-0.15, -0.1) is 0 Å². The molecule has 0 spiro atoms. The maximum absolute atomic E-state index is 3.52. The maximum atomic E-state index is 3.52. The number of benzene rings is 3. The van der Waals surface area contributed by atoms with Gasteiger partial charge in [-0.2, -0.15) is 0 Å². The molecule has 0 atom stereocenters. The normalized spacial score (nSPS) is 11.5. The highest BCUT2D eigenvalue weighted by Gasteiger charge is 2.43. The summed E-state index contributed by atoms with van der Waals surface area (Å²) in [6.45, 7) is 0. The third-order valence-corrected chi connectivity index (χ3v) is 11.7. The van der Waals surface area contributed by atoms with E-state index >= 15 is 0 Å². The van der Waals surface area contributed by atoms with E-state index < -0.39 is 7.26 Å². The van der Waals surface area contributed by atoms with E-state index in [1.54, 1.807) is 0 Å². The summed E-state index contributed by atoms with van der Waals surface area (Å²) in [5, 5.41) is 5.56. The predicted molar refractivity (Wildman–Crippen MR) is 164 cm³/mol. The molecule has 3 rings (SSSR count). The van der Waals surface area contributed by atoms with E-state index in [1.807, 2.05) is 0 Å². The van der Waals surface area contributed by atoms with Crippen molar-refractivity contribution in [2.45, 2.75) is 70.6 Å². The molecule has 0 bridgehead atoms. The van der Waals surface area contributed by atoms with Gasteiger partial charge in [-0.1, -0.05) is 134 Å². The smallest absolute Gasteiger partial charge is 0.115 e. The van der Waals surface area contributed by atoms with Crippen molar-refractivity contribution >= 4 is 39.1 Å². The summed E-state index contributed by atoms with van der Waals surface area (Å²) in [6.07, 6.45) is 21.1. The number of unbranched alkanes of at least 4 members (excludes halogenated alkanes) is 10. The van der Waals surface area contributed by atoms with Gasteiger partial charge in [0.2, 0.25) is 0 Å². The zero-order chi connectivity index (χ0) is 24.4. The minimum absolute atomic E-state index is 0. The second-order valence-corrected chi connectivity index (χ2v) is 13.8. The Morgan fingerprint density at radius 3 is 1.22 bits per heavy atom. The number of hydrogen-bond acceptors (Lipinski definition) is 0. The van der Waals surface area contributed by atoms with Crippen LogP contribution in [0, 0.1) is 0 Å². The summed E-state index contributed by atoms with van der Waals surface area (Å²) in [5.74, 6) is 0. The SMILES string of the molecule is BrCCCCCCCCCCCCC=CC[P+](c1ccccc1)(c1ccccc1)c1ccccc1.[Br-]. The lowest BCUT2D eigenvalue weighted by Crippen LogP contribution is -3.00. The van der Waals surface area contributed by atoms with E-state index in [2.05, 4.69) is 119 Å². The highest BCUT2D eigenvalue weighted by molar-refractivity contribution is 9.09. The molecule has 0 unspecified atom stereocenters. The lowest BCUT2D eigenvalue weighted by molar-refractivity contribution is -0.00000694. The highest BCUT2D eigenvalue weighted by Crippen LogP contribution is 2.55. The summed E-state index contributed by atoms with van der Waals surface area (Å²) in [6, 6.07) is 33.6. The molecular formula is C33H43Br2P. The molecule has 0 aliphatic rings. The van der Waals surface area contributed by atoms with Crippen LogP contribution < -0.4 is 32.9 Å². The number of hydrogen-bond donors (Lipinski definition) is 0. The first-order chi connectivity index (χ1) is 17.4. The molecule has 0 aromatic heterocycles. The van der Waals surface area contributed by atoms with Crippen LogP contribution in [0.5, 0.6) is 0 Å². The van der Waals surface area contributed by atoms with Gasteiger partial charge >= 0.3 is 0 Å². The summed E-state index contributed by atoms with van der Waals surface area (Å²) in [7, 11) is -1.73. The molecule has 0 saturated carbocycles. The second kappa shape index (κ2) is 18.9. The van der Waals surface area contributed by atoms with E-state index in [1.165, 1.54) is 86.5 Å². The van der Waals surface area contributed by atoms with E-state index in [9.17, 15) is 0 Å². The summed E-state index contributed by atoms with van der Waals surface area (Å²) < 4.78 is 0. The Balaban J connectivity index is 0.00000456. The van der Waals surface area contributed by atoms with Crippen LogP contribution >= 0.6 is 23.2 Å². The molecule has 36 heavy (non-hydrogen) atoms. The van der Waals surface area contributed by atoms with Gasteiger partial charge in [0.05, 0.1) is 6.16 Å². The van der Waals surface area contributed by atoms with Gasteiger partial charge in [0.25, 0.3) is 0 Å². The maximum Gasteiger partial charge on any atom is 0.115 e. The zero-order valence-corrected chi connectivity index (χ0v) is 25.8. The third kappa shape index (κ3) is 9.92. The molecule has 0 nitrogen and oxygen atoms in total. The lowest BCUT2D eigenvalue weighted by atomic mass is 10.1. The molecule has 0 radical (unpaired) electrons. The largest absolute Gasteiger partial charge is 1.00 e. The van der Waals surface area contributed by atoms with Crippen molar-refractivity contribution in [1.29, 1.82) is 0 Å². The Bertz CT molecular complexity index is 845. The standard InChI is InChI=1S/C33H43BrP.BrH/c34-29-21-10-8-6-4-2-1-3-5-7-9-11-22-30-35(31-23-15-12-16-24-31,32-25-17-13-18-26-32)33-27-19-14-20-28-33;/h11-20,22-28H,1-10,21,29-30H2;1H/q+1;/p-1. The van der Waals surface area contributed by atoms with Crippen LogP contribution in [0.15, 0.2) is 103 Å². The van der Waals surface area contributed by atoms with Crippen molar-refractivity contribution in [3.63, 3.8) is 0 Å². The van der Waals surface area contributed by atoms with Crippen LogP contribution in [0.25, 0.3) is 0 Å². The van der Waals surface area contributed by atoms with Crippen LogP contribution in [0.4, 0.5) is 0 Å². The molecule has 0 amide bonds. The predicted octanol–water partition coefficient (Wildman–Crippen LogP) is 6.23. The molecule has 0 N–H and O–H groups in total. The molecular weight excluding hydrogens is 587 g/mol. The Labute approximate surface area is 240 Å². The molecule has 0 aliphatic carbocycles. The highest BCUT2D eigenvalue weighted by atomic mass is 79.9. The minimum Gasteiger partial charge on any atom is -1.00 e. The van der Waals surface area contributed by atoms with E-state index in [0.717, 1.165) is 11.5 Å². The van der Waals surface area contributed by atoms with Gasteiger partial charge in [0, 0.05) is 5.33 Å². The van der Waals surface area contributed by atoms with Gasteiger partial charge in [0.15, 0.2) is 0 Å². The molecule has 194 valence electrons. The topological polar surface area (TPSA) is 0 Å². The Morgan fingerprint density at radius 1 is 0.472 bits per heavy atom. The van der Waals surface area contributed by atoms with Gasteiger partial charge in [-0.05, 0) is 55.7 Å². The van der Waals surface area contributed by atoms with Crippen LogP contribution in [-0.4, -0.2) is 11.5 Å². The molecule has 0 saturated heterocycles. The monoisotopic (exact) mass is 628 g/mol. The van der Waals surface area contributed by atoms with Crippen LogP contribution in [0.2, 0.25) is 0 Å². The van der Waals surface area contributed by atoms with Crippen molar-refractivity contribution in [1.82, 2.24) is 0 Å².